The highest BCUT2D eigenvalue weighted by Crippen LogP contribution is 2.65. The second-order valence-electron chi connectivity index (χ2n) is 8.11. The van der Waals surface area contributed by atoms with Crippen LogP contribution >= 0.6 is 0 Å². The van der Waals surface area contributed by atoms with Gasteiger partial charge in [0.1, 0.15) is 17.7 Å². The molecule has 2 aromatic heterocycles. The van der Waals surface area contributed by atoms with Crippen molar-refractivity contribution in [1.82, 2.24) is 15.0 Å². The molecule has 1 aromatic carbocycles. The van der Waals surface area contributed by atoms with Gasteiger partial charge in [0.05, 0.1) is 29.5 Å². The lowest BCUT2D eigenvalue weighted by atomic mass is 9.87. The number of benzene rings is 1. The molecule has 2 atom stereocenters. The first-order chi connectivity index (χ1) is 14.9. The Morgan fingerprint density at radius 1 is 1.16 bits per heavy atom. The number of nitrogens with one attached hydrogen (secondary N) is 1. The van der Waals surface area contributed by atoms with Crippen LogP contribution < -0.4 is 10.1 Å². The van der Waals surface area contributed by atoms with E-state index in [0.717, 1.165) is 11.3 Å². The molecule has 1 aliphatic rings. The van der Waals surface area contributed by atoms with Gasteiger partial charge in [-0.15, -0.1) is 0 Å². The molecular weight excluding hydrogens is 390 g/mol. The maximum absolute atomic E-state index is 13.3. The fraction of sp³-hybridized carbons (Fsp3) is 0.292. The summed E-state index contributed by atoms with van der Waals surface area (Å²) in [5.74, 6) is 1.59. The number of pyridine rings is 1. The zero-order chi connectivity index (χ0) is 22.1. The second kappa shape index (κ2) is 7.80. The Hall–Kier alpha value is -3.79. The summed E-state index contributed by atoms with van der Waals surface area (Å²) in [6, 6.07) is 15.2. The van der Waals surface area contributed by atoms with Crippen molar-refractivity contribution in [3.8, 4) is 11.8 Å². The third-order valence-electron chi connectivity index (χ3n) is 6.08. The first-order valence-electron chi connectivity index (χ1n) is 10.0. The normalized spacial score (nSPS) is 21.7. The Kier molecular flexibility index (Phi) is 5.15. The first kappa shape index (κ1) is 20.5. The van der Waals surface area contributed by atoms with Gasteiger partial charge in [-0.25, -0.2) is 15.0 Å². The van der Waals surface area contributed by atoms with Gasteiger partial charge in [0.25, 0.3) is 0 Å². The van der Waals surface area contributed by atoms with Crippen LogP contribution in [0.4, 0.5) is 5.82 Å². The van der Waals surface area contributed by atoms with Gasteiger partial charge in [0, 0.05) is 11.6 Å². The molecule has 4 rings (SSSR count). The van der Waals surface area contributed by atoms with E-state index in [1.165, 1.54) is 6.20 Å². The van der Waals surface area contributed by atoms with Gasteiger partial charge >= 0.3 is 0 Å². The standard InChI is InChI=1S/C24H23N5O2/c1-16-20(13-26-17(2)28-16)31-15-24(19-7-5-4-6-8-19)14-23(24,3)22(30)29-21-10-9-18(11-25)12-27-21/h4-10,12-13H,14-15H2,1-3H3,(H,27,29,30). The third-order valence-corrected chi connectivity index (χ3v) is 6.08. The van der Waals surface area contributed by atoms with Crippen molar-refractivity contribution in [2.75, 3.05) is 11.9 Å². The van der Waals surface area contributed by atoms with E-state index in [1.54, 1.807) is 18.3 Å². The number of hydrogen-bond donors (Lipinski definition) is 1. The summed E-state index contributed by atoms with van der Waals surface area (Å²) < 4.78 is 6.14. The Labute approximate surface area is 181 Å². The molecule has 31 heavy (non-hydrogen) atoms. The summed E-state index contributed by atoms with van der Waals surface area (Å²) in [6.07, 6.45) is 3.76. The maximum Gasteiger partial charge on any atom is 0.232 e. The van der Waals surface area contributed by atoms with E-state index in [9.17, 15) is 4.79 Å². The van der Waals surface area contributed by atoms with E-state index in [2.05, 4.69) is 20.3 Å². The zero-order valence-corrected chi connectivity index (χ0v) is 17.7. The lowest BCUT2D eigenvalue weighted by Crippen LogP contribution is -2.33. The molecule has 7 heteroatoms. The van der Waals surface area contributed by atoms with Crippen molar-refractivity contribution < 1.29 is 9.53 Å². The average Bonchev–Trinajstić information content (AvgIpc) is 3.41. The molecule has 2 heterocycles. The summed E-state index contributed by atoms with van der Waals surface area (Å²) in [5, 5.41) is 11.8. The molecule has 1 amide bonds. The molecule has 1 saturated carbocycles. The number of carbonyl (C=O) groups is 1. The molecule has 2 unspecified atom stereocenters. The van der Waals surface area contributed by atoms with Crippen LogP contribution in [0, 0.1) is 30.6 Å². The largest absolute Gasteiger partial charge is 0.489 e. The molecule has 3 aromatic rings. The van der Waals surface area contributed by atoms with Crippen LogP contribution in [0.1, 0.15) is 36.0 Å². The van der Waals surface area contributed by atoms with Gasteiger partial charge < -0.3 is 10.1 Å². The minimum atomic E-state index is -0.677. The van der Waals surface area contributed by atoms with Crippen molar-refractivity contribution in [3.63, 3.8) is 0 Å². The predicted molar refractivity (Wildman–Crippen MR) is 115 cm³/mol. The highest BCUT2D eigenvalue weighted by Gasteiger charge is 2.70. The quantitative estimate of drug-likeness (QED) is 0.661. The number of nitrogens with zero attached hydrogens (tertiary/aromatic N) is 4. The molecule has 0 radical (unpaired) electrons. The molecule has 156 valence electrons. The van der Waals surface area contributed by atoms with Crippen LogP contribution in [-0.2, 0) is 10.2 Å². The van der Waals surface area contributed by atoms with E-state index in [1.807, 2.05) is 57.2 Å². The van der Waals surface area contributed by atoms with E-state index >= 15 is 0 Å². The molecule has 1 N–H and O–H groups in total. The van der Waals surface area contributed by atoms with E-state index in [-0.39, 0.29) is 5.91 Å². The minimum absolute atomic E-state index is 0.131. The van der Waals surface area contributed by atoms with Crippen LogP contribution in [0.5, 0.6) is 5.75 Å². The Morgan fingerprint density at radius 2 is 1.94 bits per heavy atom. The highest BCUT2D eigenvalue weighted by atomic mass is 16.5. The van der Waals surface area contributed by atoms with E-state index in [4.69, 9.17) is 10.00 Å². The molecule has 0 bridgehead atoms. The monoisotopic (exact) mass is 413 g/mol. The van der Waals surface area contributed by atoms with Gasteiger partial charge in [0.2, 0.25) is 5.91 Å². The summed E-state index contributed by atoms with van der Waals surface area (Å²) in [7, 11) is 0. The second-order valence-corrected chi connectivity index (χ2v) is 8.11. The summed E-state index contributed by atoms with van der Waals surface area (Å²) in [4.78, 5) is 26.0. The van der Waals surface area contributed by atoms with Crippen LogP contribution in [0.25, 0.3) is 0 Å². The van der Waals surface area contributed by atoms with Crippen molar-refractivity contribution in [3.05, 3.63) is 77.5 Å². The molecule has 0 saturated heterocycles. The minimum Gasteiger partial charge on any atom is -0.489 e. The maximum atomic E-state index is 13.3. The number of amides is 1. The molecule has 1 aliphatic carbocycles. The smallest absolute Gasteiger partial charge is 0.232 e. The number of rotatable bonds is 6. The van der Waals surface area contributed by atoms with Gasteiger partial charge in [-0.3, -0.25) is 4.79 Å². The van der Waals surface area contributed by atoms with Crippen molar-refractivity contribution in [2.45, 2.75) is 32.6 Å². The Bertz CT molecular complexity index is 1160. The molecule has 0 aliphatic heterocycles. The number of carbonyl (C=O) groups excluding carboxylic acids is 1. The van der Waals surface area contributed by atoms with Crippen molar-refractivity contribution >= 4 is 11.7 Å². The third kappa shape index (κ3) is 3.73. The Morgan fingerprint density at radius 3 is 2.58 bits per heavy atom. The van der Waals surface area contributed by atoms with Crippen LogP contribution in [0.3, 0.4) is 0 Å². The SMILES string of the molecule is Cc1ncc(OCC2(c3ccccc3)CC2(C)C(=O)Nc2ccc(C#N)cn2)c(C)n1. The van der Waals surface area contributed by atoms with Crippen LogP contribution in [0.15, 0.2) is 54.9 Å². The van der Waals surface area contributed by atoms with Gasteiger partial charge in [-0.2, -0.15) is 5.26 Å². The average molecular weight is 413 g/mol. The van der Waals surface area contributed by atoms with Crippen LogP contribution in [0.2, 0.25) is 0 Å². The summed E-state index contributed by atoms with van der Waals surface area (Å²) in [6.45, 7) is 5.99. The fourth-order valence-corrected chi connectivity index (χ4v) is 4.03. The Balaban J connectivity index is 1.58. The van der Waals surface area contributed by atoms with Gasteiger partial charge in [0.15, 0.2) is 5.75 Å². The molecular formula is C24H23N5O2. The molecule has 0 spiro atoms. The number of hydrogen-bond acceptors (Lipinski definition) is 6. The van der Waals surface area contributed by atoms with Gasteiger partial charge in [-0.05, 0) is 44.9 Å². The lowest BCUT2D eigenvalue weighted by molar-refractivity contribution is -0.121. The number of aryl methyl sites for hydroxylation is 2. The number of ether oxygens (including phenoxy) is 1. The summed E-state index contributed by atoms with van der Waals surface area (Å²) in [5.41, 5.74) is 1.10. The first-order valence-corrected chi connectivity index (χ1v) is 10.0. The number of aromatic nitrogens is 3. The number of nitriles is 1. The molecule has 7 nitrogen and oxygen atoms in total. The highest BCUT2D eigenvalue weighted by molar-refractivity contribution is 5.98. The van der Waals surface area contributed by atoms with Crippen LogP contribution in [-0.4, -0.2) is 27.5 Å². The fourth-order valence-electron chi connectivity index (χ4n) is 4.03. The molecule has 1 fully saturated rings. The van der Waals surface area contributed by atoms with Crippen molar-refractivity contribution in [2.24, 2.45) is 5.41 Å². The predicted octanol–water partition coefficient (Wildman–Crippen LogP) is 3.73. The van der Waals surface area contributed by atoms with E-state index < -0.39 is 10.8 Å². The summed E-state index contributed by atoms with van der Waals surface area (Å²) >= 11 is 0. The van der Waals surface area contributed by atoms with Gasteiger partial charge in [-0.1, -0.05) is 30.3 Å². The van der Waals surface area contributed by atoms with Crippen molar-refractivity contribution in [1.29, 1.82) is 5.26 Å². The zero-order valence-electron chi connectivity index (χ0n) is 17.7. The number of anilines is 1. The topological polar surface area (TPSA) is 101 Å². The lowest BCUT2D eigenvalue weighted by Gasteiger charge is -2.24. The van der Waals surface area contributed by atoms with E-state index in [0.29, 0.717) is 36.0 Å².